The molecule has 1 unspecified atom stereocenters. The molecule has 4 nitrogen and oxygen atoms in total. The molecule has 4 heteroatoms. The normalized spacial score (nSPS) is 16.0. The molecule has 1 amide bonds. The Kier molecular flexibility index (Phi) is 4.80. The summed E-state index contributed by atoms with van der Waals surface area (Å²) in [6, 6.07) is 18.6. The summed E-state index contributed by atoms with van der Waals surface area (Å²) in [5.41, 5.74) is 5.13. The molecule has 1 aliphatic rings. The zero-order valence-corrected chi connectivity index (χ0v) is 15.9. The number of fused-ring (bicyclic) bond motifs is 1. The number of hydrogen-bond donors (Lipinski definition) is 1. The van der Waals surface area contributed by atoms with E-state index in [9.17, 15) is 4.79 Å². The first-order valence-corrected chi connectivity index (χ1v) is 9.71. The molecular formula is C23H25N3O. The van der Waals surface area contributed by atoms with Crippen molar-refractivity contribution in [2.75, 3.05) is 0 Å². The van der Waals surface area contributed by atoms with Gasteiger partial charge >= 0.3 is 0 Å². The molecule has 27 heavy (non-hydrogen) atoms. The van der Waals surface area contributed by atoms with Crippen LogP contribution in [0.4, 0.5) is 0 Å². The van der Waals surface area contributed by atoms with Gasteiger partial charge in [0.25, 0.3) is 5.91 Å². The van der Waals surface area contributed by atoms with Crippen molar-refractivity contribution in [3.8, 4) is 5.69 Å². The highest BCUT2D eigenvalue weighted by molar-refractivity contribution is 5.94. The summed E-state index contributed by atoms with van der Waals surface area (Å²) >= 11 is 0. The average molecular weight is 359 g/mol. The van der Waals surface area contributed by atoms with Crippen molar-refractivity contribution in [1.29, 1.82) is 0 Å². The van der Waals surface area contributed by atoms with Crippen LogP contribution < -0.4 is 5.32 Å². The summed E-state index contributed by atoms with van der Waals surface area (Å²) in [6.45, 7) is 4.03. The number of imidazole rings is 1. The minimum absolute atomic E-state index is 0.0642. The van der Waals surface area contributed by atoms with Crippen LogP contribution in [0, 0.1) is 6.92 Å². The SMILES string of the molecule is CCc1c(C(=O)NC2CCCc3ccccc32)nc(C)n1-c1ccccc1. The molecule has 3 aromatic rings. The second-order valence-corrected chi connectivity index (χ2v) is 7.10. The first-order valence-electron chi connectivity index (χ1n) is 9.71. The van der Waals surface area contributed by atoms with E-state index in [0.29, 0.717) is 5.69 Å². The molecule has 0 saturated heterocycles. The van der Waals surface area contributed by atoms with Gasteiger partial charge in [-0.05, 0) is 55.9 Å². The van der Waals surface area contributed by atoms with Crippen LogP contribution in [0.25, 0.3) is 5.69 Å². The standard InChI is InChI=1S/C23H25N3O/c1-3-21-22(24-16(2)26(21)18-12-5-4-6-13-18)23(27)25-20-15-9-11-17-10-7-8-14-19(17)20/h4-8,10,12-14,20H,3,9,11,15H2,1-2H3,(H,25,27). The maximum atomic E-state index is 13.1. The molecule has 1 heterocycles. The van der Waals surface area contributed by atoms with Gasteiger partial charge in [0.2, 0.25) is 0 Å². The van der Waals surface area contributed by atoms with E-state index in [-0.39, 0.29) is 11.9 Å². The van der Waals surface area contributed by atoms with E-state index in [0.717, 1.165) is 42.9 Å². The fourth-order valence-corrected chi connectivity index (χ4v) is 4.14. The Balaban J connectivity index is 1.66. The molecule has 1 N–H and O–H groups in total. The highest BCUT2D eigenvalue weighted by Gasteiger charge is 2.25. The number of rotatable bonds is 4. The lowest BCUT2D eigenvalue weighted by Crippen LogP contribution is -2.31. The number of aryl methyl sites for hydroxylation is 2. The van der Waals surface area contributed by atoms with Crippen LogP contribution in [-0.2, 0) is 12.8 Å². The quantitative estimate of drug-likeness (QED) is 0.743. The fourth-order valence-electron chi connectivity index (χ4n) is 4.14. The van der Waals surface area contributed by atoms with Gasteiger partial charge in [-0.25, -0.2) is 4.98 Å². The molecular weight excluding hydrogens is 334 g/mol. The first-order chi connectivity index (χ1) is 13.2. The van der Waals surface area contributed by atoms with Crippen molar-refractivity contribution in [1.82, 2.24) is 14.9 Å². The van der Waals surface area contributed by atoms with Crippen LogP contribution in [0.3, 0.4) is 0 Å². The van der Waals surface area contributed by atoms with Crippen LogP contribution in [0.15, 0.2) is 54.6 Å². The number of benzene rings is 2. The van der Waals surface area contributed by atoms with Crippen molar-refractivity contribution in [2.24, 2.45) is 0 Å². The Hall–Kier alpha value is -2.88. The number of hydrogen-bond acceptors (Lipinski definition) is 2. The van der Waals surface area contributed by atoms with Crippen molar-refractivity contribution in [3.05, 3.63) is 82.9 Å². The van der Waals surface area contributed by atoms with Gasteiger partial charge in [0, 0.05) is 5.69 Å². The number of nitrogens with one attached hydrogen (secondary N) is 1. The van der Waals surface area contributed by atoms with Crippen LogP contribution in [0.2, 0.25) is 0 Å². The summed E-state index contributed by atoms with van der Waals surface area (Å²) in [5, 5.41) is 3.24. The molecule has 0 aliphatic heterocycles. The minimum Gasteiger partial charge on any atom is -0.344 e. The summed E-state index contributed by atoms with van der Waals surface area (Å²) in [7, 11) is 0. The highest BCUT2D eigenvalue weighted by Crippen LogP contribution is 2.30. The average Bonchev–Trinajstić information content (AvgIpc) is 3.05. The van der Waals surface area contributed by atoms with E-state index < -0.39 is 0 Å². The molecule has 1 aromatic heterocycles. The van der Waals surface area contributed by atoms with E-state index in [2.05, 4.69) is 46.1 Å². The monoisotopic (exact) mass is 359 g/mol. The topological polar surface area (TPSA) is 46.9 Å². The lowest BCUT2D eigenvalue weighted by Gasteiger charge is -2.26. The zero-order valence-electron chi connectivity index (χ0n) is 15.9. The van der Waals surface area contributed by atoms with Crippen LogP contribution in [0.5, 0.6) is 0 Å². The molecule has 1 aliphatic carbocycles. The van der Waals surface area contributed by atoms with E-state index in [4.69, 9.17) is 0 Å². The third kappa shape index (κ3) is 3.27. The third-order valence-corrected chi connectivity index (χ3v) is 5.38. The van der Waals surface area contributed by atoms with E-state index in [1.54, 1.807) is 0 Å². The molecule has 0 radical (unpaired) electrons. The Labute approximate surface area is 160 Å². The Bertz CT molecular complexity index is 959. The zero-order chi connectivity index (χ0) is 18.8. The van der Waals surface area contributed by atoms with Crippen molar-refractivity contribution >= 4 is 5.91 Å². The Morgan fingerprint density at radius 1 is 1.15 bits per heavy atom. The van der Waals surface area contributed by atoms with Gasteiger partial charge in [-0.2, -0.15) is 0 Å². The molecule has 0 saturated carbocycles. The van der Waals surface area contributed by atoms with Crippen LogP contribution in [0.1, 0.15) is 58.9 Å². The molecule has 1 atom stereocenters. The number of carbonyl (C=O) groups is 1. The number of nitrogens with zero attached hydrogens (tertiary/aromatic N) is 2. The summed E-state index contributed by atoms with van der Waals surface area (Å²) in [6.07, 6.45) is 3.91. The predicted octanol–water partition coefficient (Wildman–Crippen LogP) is 4.55. The van der Waals surface area contributed by atoms with Crippen molar-refractivity contribution in [3.63, 3.8) is 0 Å². The van der Waals surface area contributed by atoms with Gasteiger partial charge in [-0.1, -0.05) is 49.4 Å². The second kappa shape index (κ2) is 7.39. The highest BCUT2D eigenvalue weighted by atomic mass is 16.2. The minimum atomic E-state index is -0.0775. The summed E-state index contributed by atoms with van der Waals surface area (Å²) < 4.78 is 2.09. The van der Waals surface area contributed by atoms with Crippen molar-refractivity contribution in [2.45, 2.75) is 45.6 Å². The molecule has 0 fully saturated rings. The largest absolute Gasteiger partial charge is 0.344 e. The van der Waals surface area contributed by atoms with Gasteiger partial charge in [0.15, 0.2) is 0 Å². The maximum Gasteiger partial charge on any atom is 0.272 e. The fraction of sp³-hybridized carbons (Fsp3) is 0.304. The Morgan fingerprint density at radius 2 is 1.89 bits per heavy atom. The molecule has 0 spiro atoms. The third-order valence-electron chi connectivity index (χ3n) is 5.38. The number of aromatic nitrogens is 2. The van der Waals surface area contributed by atoms with E-state index in [1.807, 2.05) is 37.3 Å². The number of carbonyl (C=O) groups excluding carboxylic acids is 1. The van der Waals surface area contributed by atoms with Gasteiger partial charge < -0.3 is 9.88 Å². The predicted molar refractivity (Wildman–Crippen MR) is 107 cm³/mol. The summed E-state index contributed by atoms with van der Waals surface area (Å²) in [4.78, 5) is 17.7. The lowest BCUT2D eigenvalue weighted by atomic mass is 9.87. The van der Waals surface area contributed by atoms with Gasteiger partial charge in [-0.3, -0.25) is 4.79 Å². The molecule has 0 bridgehead atoms. The second-order valence-electron chi connectivity index (χ2n) is 7.10. The number of amides is 1. The van der Waals surface area contributed by atoms with E-state index in [1.165, 1.54) is 11.1 Å². The summed E-state index contributed by atoms with van der Waals surface area (Å²) in [5.74, 6) is 0.763. The first kappa shape index (κ1) is 17.5. The van der Waals surface area contributed by atoms with Gasteiger partial charge in [-0.15, -0.1) is 0 Å². The van der Waals surface area contributed by atoms with E-state index >= 15 is 0 Å². The number of para-hydroxylation sites is 1. The smallest absolute Gasteiger partial charge is 0.272 e. The van der Waals surface area contributed by atoms with Crippen LogP contribution in [-0.4, -0.2) is 15.5 Å². The van der Waals surface area contributed by atoms with Crippen molar-refractivity contribution < 1.29 is 4.79 Å². The van der Waals surface area contributed by atoms with Gasteiger partial charge in [0.1, 0.15) is 11.5 Å². The maximum absolute atomic E-state index is 13.1. The molecule has 4 rings (SSSR count). The molecule has 2 aromatic carbocycles. The molecule has 138 valence electrons. The van der Waals surface area contributed by atoms with Crippen LogP contribution >= 0.6 is 0 Å². The van der Waals surface area contributed by atoms with Gasteiger partial charge in [0.05, 0.1) is 11.7 Å². The lowest BCUT2D eigenvalue weighted by molar-refractivity contribution is 0.0927. The Morgan fingerprint density at radius 3 is 2.67 bits per heavy atom.